The van der Waals surface area contributed by atoms with Crippen LogP contribution in [0.5, 0.6) is 0 Å². The molecule has 2 amide bonds. The summed E-state index contributed by atoms with van der Waals surface area (Å²) in [5, 5.41) is 2.80. The van der Waals surface area contributed by atoms with Crippen molar-refractivity contribution in [2.75, 3.05) is 46.2 Å². The maximum absolute atomic E-state index is 13.6. The van der Waals surface area contributed by atoms with Gasteiger partial charge in [0.25, 0.3) is 0 Å². The third-order valence-corrected chi connectivity index (χ3v) is 6.74. The van der Waals surface area contributed by atoms with Crippen LogP contribution in [0.25, 0.3) is 11.3 Å². The van der Waals surface area contributed by atoms with Crippen LogP contribution in [0.1, 0.15) is 19.3 Å². The highest BCUT2D eigenvalue weighted by atomic mass is 19.1. The van der Waals surface area contributed by atoms with E-state index >= 15 is 0 Å². The number of halogens is 1. The van der Waals surface area contributed by atoms with Gasteiger partial charge in [0.15, 0.2) is 5.82 Å². The monoisotopic (exact) mass is 444 g/mol. The lowest BCUT2D eigenvalue weighted by molar-refractivity contribution is 0.255. The fourth-order valence-corrected chi connectivity index (χ4v) is 5.13. The van der Waals surface area contributed by atoms with Gasteiger partial charge in [0.05, 0.1) is 35.5 Å². The first-order valence-electron chi connectivity index (χ1n) is 11.5. The molecule has 3 aliphatic rings. The molecule has 2 fully saturated rings. The van der Waals surface area contributed by atoms with Gasteiger partial charge in [0.2, 0.25) is 0 Å². The van der Waals surface area contributed by atoms with E-state index in [1.807, 2.05) is 6.07 Å². The fraction of sp³-hybridized carbons (Fsp3) is 0.320. The predicted octanol–water partition coefficient (Wildman–Crippen LogP) is 4.51. The third-order valence-electron chi connectivity index (χ3n) is 6.74. The highest BCUT2D eigenvalue weighted by molar-refractivity contribution is 6.04. The molecular formula is C25H25FN6O. The van der Waals surface area contributed by atoms with Crippen LogP contribution in [0.3, 0.4) is 0 Å². The molecule has 8 heteroatoms. The summed E-state index contributed by atoms with van der Waals surface area (Å²) in [7, 11) is 0. The quantitative estimate of drug-likeness (QED) is 0.644. The SMILES string of the molecule is O=C(Nc1cncc(F)c1)N1c2nc(-c3cccc(N4CCCC4)c3)ccc2N2CC[C@H]1C2. The Bertz CT molecular complexity index is 1210. The number of aromatic nitrogens is 2. The van der Waals surface area contributed by atoms with Crippen molar-refractivity contribution in [2.45, 2.75) is 25.3 Å². The topological polar surface area (TPSA) is 64.6 Å². The van der Waals surface area contributed by atoms with Gasteiger partial charge in [-0.1, -0.05) is 12.1 Å². The third kappa shape index (κ3) is 3.65. The molecule has 1 N–H and O–H groups in total. The standard InChI is InChI=1S/C25H25FN6O/c26-18-13-19(15-27-14-18)28-25(33)32-21-8-11-31(16-21)23-7-6-22(29-24(23)32)17-4-3-5-20(12-17)30-9-1-2-10-30/h3-7,12-15,21H,1-2,8-11,16H2,(H,28,33)/t21-/m0/s1. The maximum Gasteiger partial charge on any atom is 0.327 e. The van der Waals surface area contributed by atoms with E-state index in [4.69, 9.17) is 4.98 Å². The van der Waals surface area contributed by atoms with E-state index < -0.39 is 5.82 Å². The number of nitrogens with zero attached hydrogens (tertiary/aromatic N) is 5. The Kier molecular flexibility index (Phi) is 4.86. The van der Waals surface area contributed by atoms with Crippen molar-refractivity contribution in [1.82, 2.24) is 9.97 Å². The summed E-state index contributed by atoms with van der Waals surface area (Å²) >= 11 is 0. The Hall–Kier alpha value is -3.68. The van der Waals surface area contributed by atoms with Crippen LogP contribution in [-0.4, -0.2) is 48.2 Å². The normalized spacial score (nSPS) is 19.1. The van der Waals surface area contributed by atoms with Crippen molar-refractivity contribution in [3.63, 3.8) is 0 Å². The van der Waals surface area contributed by atoms with E-state index in [1.54, 1.807) is 4.90 Å². The summed E-state index contributed by atoms with van der Waals surface area (Å²) in [5.74, 6) is 0.159. The van der Waals surface area contributed by atoms with Crippen molar-refractivity contribution in [3.8, 4) is 11.3 Å². The van der Waals surface area contributed by atoms with Gasteiger partial charge in [-0.15, -0.1) is 0 Å². The summed E-state index contributed by atoms with van der Waals surface area (Å²) in [4.78, 5) is 28.5. The molecule has 7 nitrogen and oxygen atoms in total. The molecule has 2 bridgehead atoms. The molecule has 6 rings (SSSR count). The maximum atomic E-state index is 13.6. The molecule has 3 aliphatic heterocycles. The lowest BCUT2D eigenvalue weighted by Crippen LogP contribution is -2.48. The number of hydrogen-bond donors (Lipinski definition) is 1. The zero-order valence-corrected chi connectivity index (χ0v) is 18.2. The van der Waals surface area contributed by atoms with Crippen LogP contribution in [0, 0.1) is 5.82 Å². The van der Waals surface area contributed by atoms with Crippen molar-refractivity contribution in [2.24, 2.45) is 0 Å². The fourth-order valence-electron chi connectivity index (χ4n) is 5.13. The lowest BCUT2D eigenvalue weighted by atomic mass is 10.1. The van der Waals surface area contributed by atoms with Crippen LogP contribution in [-0.2, 0) is 0 Å². The molecule has 0 radical (unpaired) electrons. The minimum Gasteiger partial charge on any atom is -0.372 e. The number of anilines is 4. The van der Waals surface area contributed by atoms with E-state index in [-0.39, 0.29) is 12.1 Å². The van der Waals surface area contributed by atoms with Crippen molar-refractivity contribution in [1.29, 1.82) is 0 Å². The van der Waals surface area contributed by atoms with Gasteiger partial charge < -0.3 is 15.1 Å². The Balaban J connectivity index is 1.35. The first kappa shape index (κ1) is 20.0. The average Bonchev–Trinajstić information content (AvgIpc) is 3.50. The number of amides is 2. The number of fused-ring (bicyclic) bond motifs is 4. The second-order valence-corrected chi connectivity index (χ2v) is 8.86. The van der Waals surface area contributed by atoms with Crippen LogP contribution in [0.4, 0.5) is 32.1 Å². The highest BCUT2D eigenvalue weighted by Gasteiger charge is 2.40. The summed E-state index contributed by atoms with van der Waals surface area (Å²) in [6.07, 6.45) is 5.88. The smallest absolute Gasteiger partial charge is 0.327 e. The van der Waals surface area contributed by atoms with Crippen LogP contribution in [0.2, 0.25) is 0 Å². The zero-order chi connectivity index (χ0) is 22.4. The molecule has 0 aliphatic carbocycles. The molecule has 2 aromatic heterocycles. The summed E-state index contributed by atoms with van der Waals surface area (Å²) in [5.41, 5.74) is 4.36. The van der Waals surface area contributed by atoms with Crippen LogP contribution >= 0.6 is 0 Å². The minimum atomic E-state index is -0.489. The van der Waals surface area contributed by atoms with E-state index in [0.717, 1.165) is 55.7 Å². The second-order valence-electron chi connectivity index (χ2n) is 8.86. The predicted molar refractivity (Wildman–Crippen MR) is 127 cm³/mol. The molecule has 0 spiro atoms. The lowest BCUT2D eigenvalue weighted by Gasteiger charge is -2.36. The van der Waals surface area contributed by atoms with E-state index in [0.29, 0.717) is 11.5 Å². The molecule has 168 valence electrons. The van der Waals surface area contributed by atoms with Crippen molar-refractivity contribution < 1.29 is 9.18 Å². The number of carbonyl (C=O) groups excluding carboxylic acids is 1. The van der Waals surface area contributed by atoms with Crippen molar-refractivity contribution >= 4 is 28.9 Å². The molecule has 1 atom stereocenters. The Morgan fingerprint density at radius 2 is 1.91 bits per heavy atom. The molecule has 0 saturated carbocycles. The molecule has 3 aromatic rings. The Morgan fingerprint density at radius 1 is 1.03 bits per heavy atom. The average molecular weight is 445 g/mol. The number of nitrogens with one attached hydrogen (secondary N) is 1. The molecule has 2 saturated heterocycles. The summed E-state index contributed by atoms with van der Waals surface area (Å²) in [6, 6.07) is 13.5. The van der Waals surface area contributed by atoms with Crippen LogP contribution in [0.15, 0.2) is 54.9 Å². The number of benzene rings is 1. The molecule has 5 heterocycles. The van der Waals surface area contributed by atoms with Crippen LogP contribution < -0.4 is 20.0 Å². The summed E-state index contributed by atoms with van der Waals surface area (Å²) in [6.45, 7) is 3.82. The number of urea groups is 1. The van der Waals surface area contributed by atoms with Gasteiger partial charge in [0.1, 0.15) is 5.82 Å². The minimum absolute atomic E-state index is 0.0257. The van der Waals surface area contributed by atoms with Gasteiger partial charge in [-0.3, -0.25) is 9.88 Å². The second kappa shape index (κ2) is 8.03. The largest absolute Gasteiger partial charge is 0.372 e. The Labute approximate surface area is 191 Å². The van der Waals surface area contributed by atoms with Gasteiger partial charge >= 0.3 is 6.03 Å². The number of carbonyl (C=O) groups is 1. The van der Waals surface area contributed by atoms with Crippen molar-refractivity contribution in [3.05, 3.63) is 60.7 Å². The molecule has 1 aromatic carbocycles. The first-order valence-corrected chi connectivity index (χ1v) is 11.5. The molecule has 0 unspecified atom stereocenters. The highest BCUT2D eigenvalue weighted by Crippen LogP contribution is 2.40. The van der Waals surface area contributed by atoms with E-state index in [1.165, 1.54) is 30.8 Å². The van der Waals surface area contributed by atoms with Gasteiger partial charge in [-0.2, -0.15) is 0 Å². The number of pyridine rings is 2. The summed E-state index contributed by atoms with van der Waals surface area (Å²) < 4.78 is 13.6. The van der Waals surface area contributed by atoms with Gasteiger partial charge in [-0.25, -0.2) is 14.2 Å². The first-order chi connectivity index (χ1) is 16.2. The Morgan fingerprint density at radius 3 is 2.76 bits per heavy atom. The zero-order valence-electron chi connectivity index (χ0n) is 18.2. The van der Waals surface area contributed by atoms with Gasteiger partial charge in [-0.05, 0) is 43.5 Å². The van der Waals surface area contributed by atoms with Gasteiger partial charge in [0, 0.05) is 43.5 Å². The molecular weight excluding hydrogens is 419 g/mol. The number of rotatable bonds is 3. The van der Waals surface area contributed by atoms with E-state index in [2.05, 4.69) is 50.4 Å². The van der Waals surface area contributed by atoms with E-state index in [9.17, 15) is 9.18 Å². The molecule has 33 heavy (non-hydrogen) atoms. The number of hydrogen-bond acceptors (Lipinski definition) is 5.